The maximum Gasteiger partial charge on any atom is 0.240 e. The molecular weight excluding hydrogens is 294 g/mol. The van der Waals surface area contributed by atoms with Gasteiger partial charge < -0.3 is 20.1 Å². The first-order chi connectivity index (χ1) is 9.92. The number of morpholine rings is 1. The molecule has 1 aliphatic heterocycles. The van der Waals surface area contributed by atoms with Crippen LogP contribution in [-0.2, 0) is 14.8 Å². The van der Waals surface area contributed by atoms with Crippen LogP contribution in [0.4, 0.5) is 5.69 Å². The second-order valence-corrected chi connectivity index (χ2v) is 6.78. The summed E-state index contributed by atoms with van der Waals surface area (Å²) in [6, 6.07) is 4.37. The van der Waals surface area contributed by atoms with Crippen molar-refractivity contribution >= 4 is 15.7 Å². The molecule has 0 aliphatic carbocycles. The molecule has 0 radical (unpaired) electrons. The fourth-order valence-corrected chi connectivity index (χ4v) is 3.22. The molecule has 8 heteroatoms. The van der Waals surface area contributed by atoms with Gasteiger partial charge in [-0.2, -0.15) is 0 Å². The zero-order valence-electron chi connectivity index (χ0n) is 12.2. The lowest BCUT2D eigenvalue weighted by atomic mass is 10.3. The van der Waals surface area contributed by atoms with Gasteiger partial charge in [-0.1, -0.05) is 0 Å². The Morgan fingerprint density at radius 1 is 1.52 bits per heavy atom. The monoisotopic (exact) mass is 315 g/mol. The number of nitrogen functional groups attached to an aromatic ring is 1. The Hall–Kier alpha value is -1.35. The van der Waals surface area contributed by atoms with Crippen molar-refractivity contribution in [3.05, 3.63) is 18.2 Å². The molecule has 0 aromatic heterocycles. The van der Waals surface area contributed by atoms with E-state index in [-0.39, 0.29) is 17.5 Å². The molecule has 1 aliphatic rings. The maximum absolute atomic E-state index is 12.3. The zero-order valence-corrected chi connectivity index (χ0v) is 13.0. The van der Waals surface area contributed by atoms with E-state index < -0.39 is 10.0 Å². The van der Waals surface area contributed by atoms with Crippen molar-refractivity contribution < 1.29 is 17.9 Å². The molecule has 0 saturated carbocycles. The number of nitrogens with one attached hydrogen (secondary N) is 1. The number of anilines is 1. The van der Waals surface area contributed by atoms with Crippen LogP contribution < -0.4 is 15.2 Å². The van der Waals surface area contributed by atoms with E-state index in [0.717, 1.165) is 6.54 Å². The van der Waals surface area contributed by atoms with Gasteiger partial charge >= 0.3 is 0 Å². The molecule has 0 amide bonds. The second-order valence-electron chi connectivity index (χ2n) is 5.01. The largest absolute Gasteiger partial charge is 0.495 e. The molecular formula is C13H21N3O4S. The summed E-state index contributed by atoms with van der Waals surface area (Å²) in [6.45, 7) is 2.41. The number of benzene rings is 1. The number of hydrogen-bond donors (Lipinski definition) is 2. The zero-order chi connectivity index (χ0) is 15.5. The second kappa shape index (κ2) is 6.61. The summed E-state index contributed by atoms with van der Waals surface area (Å²) in [4.78, 5) is 2.23. The number of nitrogens with zero attached hydrogens (tertiary/aromatic N) is 1. The number of ether oxygens (including phenoxy) is 2. The fraction of sp³-hybridized carbons (Fsp3) is 0.538. The minimum Gasteiger partial charge on any atom is -0.495 e. The third kappa shape index (κ3) is 4.07. The molecule has 1 heterocycles. The highest BCUT2D eigenvalue weighted by Gasteiger charge is 2.22. The van der Waals surface area contributed by atoms with Gasteiger partial charge in [0.2, 0.25) is 10.0 Å². The third-order valence-electron chi connectivity index (χ3n) is 3.36. The van der Waals surface area contributed by atoms with Gasteiger partial charge in [0.1, 0.15) is 5.75 Å². The highest BCUT2D eigenvalue weighted by atomic mass is 32.2. The van der Waals surface area contributed by atoms with E-state index in [0.29, 0.717) is 24.6 Å². The fourth-order valence-electron chi connectivity index (χ4n) is 2.13. The van der Waals surface area contributed by atoms with Gasteiger partial charge in [0.15, 0.2) is 0 Å². The summed E-state index contributed by atoms with van der Waals surface area (Å²) >= 11 is 0. The quantitative estimate of drug-likeness (QED) is 0.736. The average molecular weight is 315 g/mol. The van der Waals surface area contributed by atoms with Gasteiger partial charge in [0.25, 0.3) is 0 Å². The SMILES string of the molecule is COc1cc(S(=O)(=O)NCC2CN(C)CCO2)ccc1N. The molecule has 1 atom stereocenters. The van der Waals surface area contributed by atoms with Crippen LogP contribution in [0.5, 0.6) is 5.75 Å². The molecule has 7 nitrogen and oxygen atoms in total. The summed E-state index contributed by atoms with van der Waals surface area (Å²) in [5, 5.41) is 0. The molecule has 21 heavy (non-hydrogen) atoms. The van der Waals surface area contributed by atoms with E-state index in [2.05, 4.69) is 9.62 Å². The van der Waals surface area contributed by atoms with Crippen molar-refractivity contribution in [3.63, 3.8) is 0 Å². The normalized spacial score (nSPS) is 20.4. The summed E-state index contributed by atoms with van der Waals surface area (Å²) in [7, 11) is -0.184. The maximum atomic E-state index is 12.3. The molecule has 1 fully saturated rings. The topological polar surface area (TPSA) is 93.9 Å². The van der Waals surface area contributed by atoms with Gasteiger partial charge in [-0.05, 0) is 19.2 Å². The first-order valence-corrected chi connectivity index (χ1v) is 8.14. The molecule has 1 saturated heterocycles. The minimum absolute atomic E-state index is 0.123. The van der Waals surface area contributed by atoms with Crippen molar-refractivity contribution in [1.29, 1.82) is 0 Å². The summed E-state index contributed by atoms with van der Waals surface area (Å²) in [6.07, 6.45) is -0.144. The van der Waals surface area contributed by atoms with Crippen molar-refractivity contribution in [2.45, 2.75) is 11.0 Å². The van der Waals surface area contributed by atoms with Gasteiger partial charge in [-0.15, -0.1) is 0 Å². The summed E-state index contributed by atoms with van der Waals surface area (Å²) in [5.41, 5.74) is 6.08. The molecule has 118 valence electrons. The average Bonchev–Trinajstić information content (AvgIpc) is 2.46. The Bertz CT molecular complexity index is 591. The smallest absolute Gasteiger partial charge is 0.240 e. The van der Waals surface area contributed by atoms with E-state index in [1.54, 1.807) is 0 Å². The van der Waals surface area contributed by atoms with Crippen LogP contribution in [0.1, 0.15) is 0 Å². The summed E-state index contributed by atoms with van der Waals surface area (Å²) in [5.74, 6) is 0.339. The lowest BCUT2D eigenvalue weighted by molar-refractivity contribution is -0.0156. The molecule has 1 unspecified atom stereocenters. The predicted molar refractivity (Wildman–Crippen MR) is 79.8 cm³/mol. The van der Waals surface area contributed by atoms with Crippen LogP contribution in [0.25, 0.3) is 0 Å². The third-order valence-corrected chi connectivity index (χ3v) is 4.78. The molecule has 0 bridgehead atoms. The van der Waals surface area contributed by atoms with Crippen LogP contribution in [0.15, 0.2) is 23.1 Å². The van der Waals surface area contributed by atoms with Crippen LogP contribution in [-0.4, -0.2) is 59.8 Å². The van der Waals surface area contributed by atoms with Crippen LogP contribution >= 0.6 is 0 Å². The molecule has 1 aromatic carbocycles. The van der Waals surface area contributed by atoms with Gasteiger partial charge in [-0.25, -0.2) is 13.1 Å². The summed E-state index contributed by atoms with van der Waals surface area (Å²) < 4.78 is 37.6. The molecule has 2 rings (SSSR count). The Morgan fingerprint density at radius 2 is 2.29 bits per heavy atom. The van der Waals surface area contributed by atoms with E-state index in [1.165, 1.54) is 25.3 Å². The van der Waals surface area contributed by atoms with E-state index in [4.69, 9.17) is 15.2 Å². The molecule has 0 spiro atoms. The number of sulfonamides is 1. The van der Waals surface area contributed by atoms with Crippen LogP contribution in [0.3, 0.4) is 0 Å². The predicted octanol–water partition coefficient (Wildman–Crippen LogP) is -0.114. The Labute approximate surface area is 125 Å². The van der Waals surface area contributed by atoms with E-state index in [1.807, 2.05) is 7.05 Å². The number of likely N-dealkylation sites (N-methyl/N-ethyl adjacent to an activating group) is 1. The van der Waals surface area contributed by atoms with Gasteiger partial charge in [-0.3, -0.25) is 0 Å². The Kier molecular flexibility index (Phi) is 5.04. The van der Waals surface area contributed by atoms with Gasteiger partial charge in [0.05, 0.1) is 30.4 Å². The van der Waals surface area contributed by atoms with Crippen molar-refractivity contribution in [2.75, 3.05) is 46.1 Å². The highest BCUT2D eigenvalue weighted by molar-refractivity contribution is 7.89. The van der Waals surface area contributed by atoms with Gasteiger partial charge in [0, 0.05) is 25.7 Å². The number of nitrogens with two attached hydrogens (primary N) is 1. The highest BCUT2D eigenvalue weighted by Crippen LogP contribution is 2.24. The van der Waals surface area contributed by atoms with Crippen molar-refractivity contribution in [2.24, 2.45) is 0 Å². The first-order valence-electron chi connectivity index (χ1n) is 6.65. The number of hydrogen-bond acceptors (Lipinski definition) is 6. The first kappa shape index (κ1) is 16.0. The Morgan fingerprint density at radius 3 is 2.95 bits per heavy atom. The lowest BCUT2D eigenvalue weighted by Gasteiger charge is -2.30. The lowest BCUT2D eigenvalue weighted by Crippen LogP contribution is -2.45. The Balaban J connectivity index is 2.04. The molecule has 1 aromatic rings. The van der Waals surface area contributed by atoms with E-state index >= 15 is 0 Å². The number of rotatable bonds is 5. The van der Waals surface area contributed by atoms with Crippen LogP contribution in [0, 0.1) is 0 Å². The van der Waals surface area contributed by atoms with Crippen LogP contribution in [0.2, 0.25) is 0 Å². The van der Waals surface area contributed by atoms with Crippen molar-refractivity contribution in [1.82, 2.24) is 9.62 Å². The van der Waals surface area contributed by atoms with Crippen molar-refractivity contribution in [3.8, 4) is 5.75 Å². The minimum atomic E-state index is -3.61. The molecule has 3 N–H and O–H groups in total. The standard InChI is InChI=1S/C13H21N3O4S/c1-16-5-6-20-10(9-16)8-15-21(17,18)11-3-4-12(14)13(7-11)19-2/h3-4,7,10,15H,5-6,8-9,14H2,1-2H3. The van der Waals surface area contributed by atoms with E-state index in [9.17, 15) is 8.42 Å². The number of methoxy groups -OCH3 is 1.